The Bertz CT molecular complexity index is 877. The summed E-state index contributed by atoms with van der Waals surface area (Å²) in [6, 6.07) is 8.99. The zero-order valence-corrected chi connectivity index (χ0v) is 16.2. The summed E-state index contributed by atoms with van der Waals surface area (Å²) >= 11 is 6.12. The van der Waals surface area contributed by atoms with Crippen LogP contribution in [-0.2, 0) is 9.59 Å². The van der Waals surface area contributed by atoms with Gasteiger partial charge in [0, 0.05) is 13.0 Å². The molecule has 1 aromatic heterocycles. The number of nitrogens with zero attached hydrogens (tertiary/aromatic N) is 2. The van der Waals surface area contributed by atoms with Gasteiger partial charge >= 0.3 is 11.8 Å². The van der Waals surface area contributed by atoms with Gasteiger partial charge in [-0.05, 0) is 55.0 Å². The molecule has 6 nitrogen and oxygen atoms in total. The van der Waals surface area contributed by atoms with Gasteiger partial charge in [0.1, 0.15) is 5.82 Å². The number of hydrogen-bond donors (Lipinski definition) is 2. The Hall–Kier alpha value is -2.60. The highest BCUT2D eigenvalue weighted by atomic mass is 35.5. The van der Waals surface area contributed by atoms with E-state index in [1.54, 1.807) is 24.0 Å². The molecule has 2 aromatic rings. The molecule has 2 heterocycles. The Kier molecular flexibility index (Phi) is 5.65. The first-order valence-corrected chi connectivity index (χ1v) is 9.32. The predicted octanol–water partition coefficient (Wildman–Crippen LogP) is 3.81. The average Bonchev–Trinajstić information content (AvgIpc) is 2.64. The highest BCUT2D eigenvalue weighted by molar-refractivity contribution is 6.39. The summed E-state index contributed by atoms with van der Waals surface area (Å²) in [4.78, 5) is 31.1. The van der Waals surface area contributed by atoms with Gasteiger partial charge in [-0.1, -0.05) is 30.7 Å². The fourth-order valence-corrected chi connectivity index (χ4v) is 3.60. The third-order valence-corrected chi connectivity index (χ3v) is 5.12. The van der Waals surface area contributed by atoms with Crippen molar-refractivity contribution in [3.05, 3.63) is 52.7 Å². The quantitative estimate of drug-likeness (QED) is 0.765. The molecule has 1 fully saturated rings. The maximum atomic E-state index is 12.9. The third kappa shape index (κ3) is 4.39. The Morgan fingerprint density at radius 3 is 2.81 bits per heavy atom. The van der Waals surface area contributed by atoms with Crippen molar-refractivity contribution in [3.8, 4) is 0 Å². The van der Waals surface area contributed by atoms with E-state index in [1.165, 1.54) is 6.20 Å². The summed E-state index contributed by atoms with van der Waals surface area (Å²) < 4.78 is 0. The molecule has 0 bridgehead atoms. The van der Waals surface area contributed by atoms with Gasteiger partial charge in [0.05, 0.1) is 17.9 Å². The number of benzene rings is 1. The summed E-state index contributed by atoms with van der Waals surface area (Å²) in [5, 5.41) is 3.25. The molecule has 2 atom stereocenters. The number of nitrogen functional groups attached to an aromatic ring is 1. The van der Waals surface area contributed by atoms with Gasteiger partial charge in [0.25, 0.3) is 0 Å². The third-order valence-electron chi connectivity index (χ3n) is 4.88. The van der Waals surface area contributed by atoms with Gasteiger partial charge in [-0.3, -0.25) is 9.59 Å². The molecule has 1 aliphatic heterocycles. The van der Waals surface area contributed by atoms with Gasteiger partial charge in [-0.25, -0.2) is 4.98 Å². The summed E-state index contributed by atoms with van der Waals surface area (Å²) in [5.41, 5.74) is 7.83. The number of aryl methyl sites for hydroxylation is 1. The van der Waals surface area contributed by atoms with Crippen LogP contribution in [0.25, 0.3) is 0 Å². The molecule has 3 rings (SSSR count). The number of nitrogens with one attached hydrogen (secondary N) is 1. The van der Waals surface area contributed by atoms with E-state index in [1.807, 2.05) is 18.2 Å². The smallest absolute Gasteiger partial charge is 0.313 e. The van der Waals surface area contributed by atoms with Crippen molar-refractivity contribution < 1.29 is 11.0 Å². The van der Waals surface area contributed by atoms with Crippen LogP contribution in [0.5, 0.6) is 0 Å². The first-order chi connectivity index (χ1) is 12.8. The number of carbonyl (C=O) groups excluding carboxylic acids is 2. The summed E-state index contributed by atoms with van der Waals surface area (Å²) in [5.74, 6) is -0.508. The van der Waals surface area contributed by atoms with Crippen molar-refractivity contribution in [2.24, 2.45) is 5.92 Å². The second-order valence-electron chi connectivity index (χ2n) is 7.09. The van der Waals surface area contributed by atoms with E-state index in [0.717, 1.165) is 24.0 Å². The lowest BCUT2D eigenvalue weighted by molar-refractivity contribution is -0.146. The first-order valence-electron chi connectivity index (χ1n) is 8.94. The molecular weight excluding hydrogens is 364 g/mol. The van der Waals surface area contributed by atoms with Gasteiger partial charge in [0.15, 0.2) is 0 Å². The molecule has 1 aromatic carbocycles. The second-order valence-corrected chi connectivity index (χ2v) is 7.53. The standard InChI is InChI=1S/C20H23ClN4O2.H2/c1-12-6-7-17(14-4-3-5-15(21)9-14)25(11-12)20(27)19(26)24-16-8-13(2)18(22)23-10-16;/h3-5,8-10,12,17H,6-7,11H2,1-2H3,(H2,22,23)(H,24,26);1H/t12-,17+;/m0./s1. The average molecular weight is 389 g/mol. The first kappa shape index (κ1) is 19.2. The Morgan fingerprint density at radius 1 is 1.33 bits per heavy atom. The van der Waals surface area contributed by atoms with Crippen LogP contribution < -0.4 is 11.1 Å². The summed E-state index contributed by atoms with van der Waals surface area (Å²) in [6.45, 7) is 4.41. The lowest BCUT2D eigenvalue weighted by Gasteiger charge is -2.38. The Morgan fingerprint density at radius 2 is 2.11 bits per heavy atom. The van der Waals surface area contributed by atoms with E-state index in [2.05, 4.69) is 17.2 Å². The van der Waals surface area contributed by atoms with Crippen molar-refractivity contribution in [1.29, 1.82) is 0 Å². The van der Waals surface area contributed by atoms with Crippen LogP contribution in [0.2, 0.25) is 5.02 Å². The van der Waals surface area contributed by atoms with Crippen molar-refractivity contribution in [2.75, 3.05) is 17.6 Å². The lowest BCUT2D eigenvalue weighted by Crippen LogP contribution is -2.46. The fourth-order valence-electron chi connectivity index (χ4n) is 3.41. The molecule has 0 aliphatic carbocycles. The maximum absolute atomic E-state index is 12.9. The van der Waals surface area contributed by atoms with E-state index >= 15 is 0 Å². The minimum absolute atomic E-state index is 0. The van der Waals surface area contributed by atoms with Crippen LogP contribution in [0.4, 0.5) is 11.5 Å². The molecule has 1 aliphatic rings. The number of hydrogen-bond acceptors (Lipinski definition) is 4. The molecule has 2 amide bonds. The zero-order valence-electron chi connectivity index (χ0n) is 15.4. The molecule has 0 saturated carbocycles. The monoisotopic (exact) mass is 388 g/mol. The lowest BCUT2D eigenvalue weighted by atomic mass is 9.90. The second kappa shape index (κ2) is 7.96. The van der Waals surface area contributed by atoms with Crippen molar-refractivity contribution in [1.82, 2.24) is 9.88 Å². The van der Waals surface area contributed by atoms with Crippen LogP contribution in [0.15, 0.2) is 36.5 Å². The van der Waals surface area contributed by atoms with Crippen LogP contribution in [0.3, 0.4) is 0 Å². The van der Waals surface area contributed by atoms with E-state index in [9.17, 15) is 9.59 Å². The maximum Gasteiger partial charge on any atom is 0.313 e. The molecule has 0 unspecified atom stereocenters. The van der Waals surface area contributed by atoms with Gasteiger partial charge < -0.3 is 16.0 Å². The Balaban J connectivity index is 0.00000280. The molecule has 27 heavy (non-hydrogen) atoms. The van der Waals surface area contributed by atoms with Crippen molar-refractivity contribution >= 4 is 34.9 Å². The number of pyridine rings is 1. The van der Waals surface area contributed by atoms with Crippen molar-refractivity contribution in [2.45, 2.75) is 32.7 Å². The molecule has 1 saturated heterocycles. The highest BCUT2D eigenvalue weighted by Crippen LogP contribution is 2.34. The van der Waals surface area contributed by atoms with Gasteiger partial charge in [-0.15, -0.1) is 0 Å². The summed E-state index contributed by atoms with van der Waals surface area (Å²) in [6.07, 6.45) is 3.23. The highest BCUT2D eigenvalue weighted by Gasteiger charge is 2.34. The van der Waals surface area contributed by atoms with Crippen LogP contribution in [0, 0.1) is 12.8 Å². The summed E-state index contributed by atoms with van der Waals surface area (Å²) in [7, 11) is 0. The van der Waals surface area contributed by atoms with E-state index < -0.39 is 11.8 Å². The number of nitrogens with two attached hydrogens (primary N) is 1. The number of amides is 2. The number of carbonyl (C=O) groups is 2. The van der Waals surface area contributed by atoms with Crippen LogP contribution >= 0.6 is 11.6 Å². The Labute approximate surface area is 165 Å². The number of likely N-dealkylation sites (tertiary alicyclic amines) is 1. The SMILES string of the molecule is Cc1cc(NC(=O)C(=O)N2C[C@@H](C)CC[C@@H]2c2cccc(Cl)c2)cnc1N.[HH]. The fraction of sp³-hybridized carbons (Fsp3) is 0.350. The molecule has 144 valence electrons. The molecule has 3 N–H and O–H groups in total. The molecular formula is C20H25ClN4O2. The molecule has 0 spiro atoms. The number of rotatable bonds is 2. The molecule has 7 heteroatoms. The minimum Gasteiger partial charge on any atom is -0.383 e. The minimum atomic E-state index is -0.679. The predicted molar refractivity (Wildman–Crippen MR) is 108 cm³/mol. The van der Waals surface area contributed by atoms with Gasteiger partial charge in [0.2, 0.25) is 0 Å². The number of piperidine rings is 1. The number of halogens is 1. The van der Waals surface area contributed by atoms with E-state index in [-0.39, 0.29) is 7.47 Å². The number of anilines is 2. The normalized spacial score (nSPS) is 19.6. The number of aromatic nitrogens is 1. The van der Waals surface area contributed by atoms with E-state index in [4.69, 9.17) is 17.3 Å². The topological polar surface area (TPSA) is 88.3 Å². The largest absolute Gasteiger partial charge is 0.383 e. The van der Waals surface area contributed by atoms with Gasteiger partial charge in [-0.2, -0.15) is 0 Å². The van der Waals surface area contributed by atoms with Crippen LogP contribution in [-0.4, -0.2) is 28.2 Å². The van der Waals surface area contributed by atoms with E-state index in [0.29, 0.717) is 29.0 Å². The zero-order chi connectivity index (χ0) is 19.6. The van der Waals surface area contributed by atoms with Crippen LogP contribution in [0.1, 0.15) is 38.4 Å². The van der Waals surface area contributed by atoms with Crippen molar-refractivity contribution in [3.63, 3.8) is 0 Å². The molecule has 0 radical (unpaired) electrons.